The minimum Gasteiger partial charge on any atom is -0.432 e. The second-order valence-corrected chi connectivity index (χ2v) is 4.26. The van der Waals surface area contributed by atoms with Gasteiger partial charge in [0.15, 0.2) is 0 Å². The number of aromatic nitrogens is 2. The summed E-state index contributed by atoms with van der Waals surface area (Å²) in [7, 11) is 1.58. The molecule has 6 nitrogen and oxygen atoms in total. The zero-order valence-electron chi connectivity index (χ0n) is 9.13. The van der Waals surface area contributed by atoms with E-state index in [1.807, 2.05) is 0 Å². The molecule has 2 rings (SSSR count). The van der Waals surface area contributed by atoms with Crippen molar-refractivity contribution in [3.05, 3.63) is 44.7 Å². The van der Waals surface area contributed by atoms with Crippen LogP contribution in [0, 0.1) is 10.1 Å². The van der Waals surface area contributed by atoms with Crippen molar-refractivity contribution in [2.75, 3.05) is 0 Å². The van der Waals surface area contributed by atoms with E-state index in [-0.39, 0.29) is 22.5 Å². The molecule has 2 aromatic rings. The molecule has 0 aliphatic carbocycles. The van der Waals surface area contributed by atoms with Gasteiger partial charge in [-0.15, -0.1) is 0 Å². The van der Waals surface area contributed by atoms with Gasteiger partial charge in [-0.2, -0.15) is 0 Å². The molecule has 0 unspecified atom stereocenters. The van der Waals surface area contributed by atoms with Crippen molar-refractivity contribution in [1.82, 2.24) is 9.55 Å². The maximum Gasteiger partial charge on any atom is 0.427 e. The lowest BCUT2D eigenvalue weighted by Gasteiger charge is -2.07. The maximum absolute atomic E-state index is 10.8. The summed E-state index contributed by atoms with van der Waals surface area (Å²) in [4.78, 5) is 13.8. The van der Waals surface area contributed by atoms with Crippen LogP contribution in [0.3, 0.4) is 0 Å². The van der Waals surface area contributed by atoms with Crippen LogP contribution in [-0.4, -0.2) is 14.5 Å². The number of benzene rings is 1. The van der Waals surface area contributed by atoms with Gasteiger partial charge in [0.05, 0.1) is 5.02 Å². The first kappa shape index (κ1) is 12.7. The molecule has 0 amide bonds. The zero-order valence-corrected chi connectivity index (χ0v) is 10.6. The van der Waals surface area contributed by atoms with E-state index in [4.69, 9.17) is 27.9 Å². The van der Waals surface area contributed by atoms with Crippen LogP contribution in [0.2, 0.25) is 10.0 Å². The molecule has 0 aliphatic rings. The number of nitrogens with zero attached hydrogens (tertiary/aromatic N) is 3. The van der Waals surface area contributed by atoms with Crippen molar-refractivity contribution in [3.63, 3.8) is 0 Å². The molecule has 0 atom stereocenters. The van der Waals surface area contributed by atoms with Gasteiger partial charge in [0.1, 0.15) is 5.75 Å². The average Bonchev–Trinajstić information content (AvgIpc) is 2.64. The molecule has 0 spiro atoms. The maximum atomic E-state index is 10.8. The summed E-state index contributed by atoms with van der Waals surface area (Å²) in [6, 6.07) is 4.59. The van der Waals surface area contributed by atoms with Crippen LogP contribution in [0.15, 0.2) is 24.5 Å². The summed E-state index contributed by atoms with van der Waals surface area (Å²) in [5.74, 6) is -0.0968. The van der Waals surface area contributed by atoms with Crippen LogP contribution in [0.25, 0.3) is 0 Å². The molecule has 0 bridgehead atoms. The molecule has 0 saturated carbocycles. The van der Waals surface area contributed by atoms with Gasteiger partial charge in [0, 0.05) is 12.1 Å². The normalized spacial score (nSPS) is 10.4. The van der Waals surface area contributed by atoms with Gasteiger partial charge >= 0.3 is 11.7 Å². The Bertz CT molecular complexity index is 612. The third-order valence-electron chi connectivity index (χ3n) is 2.14. The van der Waals surface area contributed by atoms with E-state index in [0.717, 1.165) is 0 Å². The molecular weight excluding hydrogens is 281 g/mol. The topological polar surface area (TPSA) is 70.2 Å². The smallest absolute Gasteiger partial charge is 0.427 e. The number of nitro groups is 1. The lowest BCUT2D eigenvalue weighted by Crippen LogP contribution is -1.96. The fraction of sp³-hybridized carbons (Fsp3) is 0.100. The first-order valence-corrected chi connectivity index (χ1v) is 5.53. The Morgan fingerprint density at radius 1 is 1.44 bits per heavy atom. The number of ether oxygens (including phenoxy) is 1. The van der Waals surface area contributed by atoms with Crippen LogP contribution in [0.5, 0.6) is 11.6 Å². The minimum absolute atomic E-state index is 0.00391. The Balaban J connectivity index is 2.39. The summed E-state index contributed by atoms with van der Waals surface area (Å²) in [5.41, 5.74) is 0. The molecular formula is C10H7Cl2N3O3. The SMILES string of the molecule is Cn1cnc([N+](=O)[O-])c1Oc1ccc(Cl)cc1Cl. The molecule has 0 radical (unpaired) electrons. The summed E-state index contributed by atoms with van der Waals surface area (Å²) in [5, 5.41) is 11.5. The molecule has 8 heteroatoms. The van der Waals surface area contributed by atoms with Crippen molar-refractivity contribution in [1.29, 1.82) is 0 Å². The first-order chi connectivity index (χ1) is 8.49. The molecule has 1 heterocycles. The van der Waals surface area contributed by atoms with E-state index in [9.17, 15) is 10.1 Å². The quantitative estimate of drug-likeness (QED) is 0.640. The van der Waals surface area contributed by atoms with Crippen molar-refractivity contribution >= 4 is 29.0 Å². The van der Waals surface area contributed by atoms with Crippen molar-refractivity contribution in [2.45, 2.75) is 0 Å². The Morgan fingerprint density at radius 2 is 2.17 bits per heavy atom. The van der Waals surface area contributed by atoms with E-state index in [1.165, 1.54) is 23.0 Å². The number of aryl methyl sites for hydroxylation is 1. The number of halogens is 2. The largest absolute Gasteiger partial charge is 0.432 e. The predicted molar refractivity (Wildman–Crippen MR) is 66.4 cm³/mol. The average molecular weight is 288 g/mol. The van der Waals surface area contributed by atoms with Crippen LogP contribution in [0.1, 0.15) is 0 Å². The van der Waals surface area contributed by atoms with Crippen LogP contribution < -0.4 is 4.74 Å². The molecule has 0 aliphatic heterocycles. The monoisotopic (exact) mass is 287 g/mol. The fourth-order valence-corrected chi connectivity index (χ4v) is 1.76. The van der Waals surface area contributed by atoms with E-state index >= 15 is 0 Å². The molecule has 0 N–H and O–H groups in total. The van der Waals surface area contributed by atoms with Gasteiger partial charge in [0.25, 0.3) is 0 Å². The number of hydrogen-bond acceptors (Lipinski definition) is 4. The van der Waals surface area contributed by atoms with Gasteiger partial charge in [0.2, 0.25) is 6.33 Å². The van der Waals surface area contributed by atoms with Crippen molar-refractivity contribution in [2.24, 2.45) is 7.05 Å². The number of hydrogen-bond donors (Lipinski definition) is 0. The second-order valence-electron chi connectivity index (χ2n) is 3.42. The summed E-state index contributed by atoms with van der Waals surface area (Å²) < 4.78 is 6.79. The molecule has 0 fully saturated rings. The van der Waals surface area contributed by atoms with Crippen LogP contribution in [0.4, 0.5) is 5.82 Å². The second kappa shape index (κ2) is 4.83. The van der Waals surface area contributed by atoms with Crippen molar-refractivity contribution < 1.29 is 9.66 Å². The van der Waals surface area contributed by atoms with E-state index in [1.54, 1.807) is 13.1 Å². The Labute approximate surface area is 112 Å². The molecule has 1 aromatic heterocycles. The van der Waals surface area contributed by atoms with Gasteiger partial charge in [-0.1, -0.05) is 23.2 Å². The van der Waals surface area contributed by atoms with Gasteiger partial charge in [-0.25, -0.2) is 0 Å². The summed E-state index contributed by atoms with van der Waals surface area (Å²) in [6.45, 7) is 0. The third-order valence-corrected chi connectivity index (χ3v) is 2.67. The fourth-order valence-electron chi connectivity index (χ4n) is 1.31. The van der Waals surface area contributed by atoms with Crippen molar-refractivity contribution in [3.8, 4) is 11.6 Å². The van der Waals surface area contributed by atoms with E-state index in [2.05, 4.69) is 4.98 Å². The Kier molecular flexibility index (Phi) is 3.40. The molecule has 0 saturated heterocycles. The Hall–Kier alpha value is -1.79. The number of imidazole rings is 1. The highest BCUT2D eigenvalue weighted by atomic mass is 35.5. The highest BCUT2D eigenvalue weighted by Crippen LogP contribution is 2.34. The Morgan fingerprint density at radius 3 is 2.78 bits per heavy atom. The summed E-state index contributed by atoms with van der Waals surface area (Å²) >= 11 is 11.7. The first-order valence-electron chi connectivity index (χ1n) is 4.77. The predicted octanol–water partition coefficient (Wildman–Crippen LogP) is 3.43. The summed E-state index contributed by atoms with van der Waals surface area (Å²) in [6.07, 6.45) is 1.29. The minimum atomic E-state index is -0.626. The van der Waals surface area contributed by atoms with Crippen LogP contribution >= 0.6 is 23.2 Å². The highest BCUT2D eigenvalue weighted by molar-refractivity contribution is 6.35. The van der Waals surface area contributed by atoms with Gasteiger partial charge in [-0.3, -0.25) is 4.57 Å². The zero-order chi connectivity index (χ0) is 13.3. The third kappa shape index (κ3) is 2.39. The lowest BCUT2D eigenvalue weighted by molar-refractivity contribution is -0.390. The molecule has 94 valence electrons. The lowest BCUT2D eigenvalue weighted by atomic mass is 10.3. The van der Waals surface area contributed by atoms with E-state index < -0.39 is 4.92 Å². The number of rotatable bonds is 3. The van der Waals surface area contributed by atoms with Gasteiger partial charge < -0.3 is 14.9 Å². The molecule has 18 heavy (non-hydrogen) atoms. The van der Waals surface area contributed by atoms with Gasteiger partial charge in [-0.05, 0) is 28.1 Å². The standard InChI is InChI=1S/C10H7Cl2N3O3/c1-14-5-13-9(15(16)17)10(14)18-8-3-2-6(11)4-7(8)12/h2-5H,1H3. The van der Waals surface area contributed by atoms with Crippen LogP contribution in [-0.2, 0) is 7.05 Å². The highest BCUT2D eigenvalue weighted by Gasteiger charge is 2.23. The van der Waals surface area contributed by atoms with E-state index in [0.29, 0.717) is 5.02 Å². The molecule has 1 aromatic carbocycles.